The first-order chi connectivity index (χ1) is 8.16. The van der Waals surface area contributed by atoms with Crippen molar-refractivity contribution in [1.82, 2.24) is 5.06 Å². The highest BCUT2D eigenvalue weighted by Crippen LogP contribution is 2.18. The van der Waals surface area contributed by atoms with Gasteiger partial charge in [0.05, 0.1) is 6.42 Å². The highest BCUT2D eigenvalue weighted by atomic mass is 16.7. The summed E-state index contributed by atoms with van der Waals surface area (Å²) in [7, 11) is 0. The molecule has 1 aliphatic carbocycles. The van der Waals surface area contributed by atoms with E-state index in [9.17, 15) is 14.4 Å². The van der Waals surface area contributed by atoms with Crippen LogP contribution in [0.4, 0.5) is 0 Å². The number of hydrogen-bond donors (Lipinski definition) is 0. The first-order valence-corrected chi connectivity index (χ1v) is 5.58. The zero-order chi connectivity index (χ0) is 12.3. The molecule has 0 radical (unpaired) electrons. The molecule has 5 nitrogen and oxygen atoms in total. The monoisotopic (exact) mass is 235 g/mol. The van der Waals surface area contributed by atoms with Crippen LogP contribution in [-0.2, 0) is 19.2 Å². The number of hydrogen-bond acceptors (Lipinski definition) is 4. The lowest BCUT2D eigenvalue weighted by Gasteiger charge is -2.12. The van der Waals surface area contributed by atoms with Crippen molar-refractivity contribution in [3.05, 3.63) is 23.8 Å². The number of carbonyl (C=O) groups is 3. The molecule has 0 atom stereocenters. The molecule has 1 fully saturated rings. The molecule has 5 heteroatoms. The minimum absolute atomic E-state index is 0.126. The summed E-state index contributed by atoms with van der Waals surface area (Å²) in [5.41, 5.74) is 1.15. The molecule has 2 aliphatic rings. The summed E-state index contributed by atoms with van der Waals surface area (Å²) in [4.78, 5) is 38.5. The molecule has 0 aromatic heterocycles. The van der Waals surface area contributed by atoms with Crippen molar-refractivity contribution in [2.75, 3.05) is 0 Å². The Kier molecular flexibility index (Phi) is 3.37. The maximum absolute atomic E-state index is 11.4. The highest BCUT2D eigenvalue weighted by molar-refractivity contribution is 6.01. The molecule has 1 aliphatic heterocycles. The molecule has 2 rings (SSSR count). The van der Waals surface area contributed by atoms with Gasteiger partial charge in [-0.25, -0.2) is 4.79 Å². The van der Waals surface area contributed by atoms with Gasteiger partial charge in [0.1, 0.15) is 0 Å². The molecule has 0 spiro atoms. The van der Waals surface area contributed by atoms with E-state index in [0.29, 0.717) is 11.5 Å². The topological polar surface area (TPSA) is 63.7 Å². The third-order valence-electron chi connectivity index (χ3n) is 2.70. The Morgan fingerprint density at radius 1 is 1.29 bits per heavy atom. The predicted molar refractivity (Wildman–Crippen MR) is 58.3 cm³/mol. The molecule has 1 heterocycles. The summed E-state index contributed by atoms with van der Waals surface area (Å²) in [5, 5.41) is 0.587. The van der Waals surface area contributed by atoms with Crippen LogP contribution >= 0.6 is 0 Å². The summed E-state index contributed by atoms with van der Waals surface area (Å²) in [6.07, 6.45) is 7.80. The normalized spacial score (nSPS) is 18.8. The second-order valence-corrected chi connectivity index (χ2v) is 4.00. The van der Waals surface area contributed by atoms with Crippen LogP contribution in [-0.4, -0.2) is 22.8 Å². The van der Waals surface area contributed by atoms with Crippen LogP contribution in [0.1, 0.15) is 32.1 Å². The van der Waals surface area contributed by atoms with Gasteiger partial charge in [0.15, 0.2) is 0 Å². The van der Waals surface area contributed by atoms with Crippen molar-refractivity contribution >= 4 is 17.8 Å². The van der Waals surface area contributed by atoms with Gasteiger partial charge in [-0.15, -0.1) is 5.06 Å². The van der Waals surface area contributed by atoms with Crippen LogP contribution in [0.2, 0.25) is 0 Å². The van der Waals surface area contributed by atoms with Crippen molar-refractivity contribution < 1.29 is 19.2 Å². The molecule has 0 aromatic carbocycles. The molecule has 90 valence electrons. The second kappa shape index (κ2) is 4.95. The molecular weight excluding hydrogens is 222 g/mol. The van der Waals surface area contributed by atoms with E-state index >= 15 is 0 Å². The lowest BCUT2D eigenvalue weighted by Crippen LogP contribution is -2.31. The smallest absolute Gasteiger partial charge is 0.330 e. The third kappa shape index (κ3) is 2.81. The van der Waals surface area contributed by atoms with Gasteiger partial charge in [0.2, 0.25) is 0 Å². The Morgan fingerprint density at radius 2 is 2.00 bits per heavy atom. The number of amides is 2. The van der Waals surface area contributed by atoms with Gasteiger partial charge >= 0.3 is 5.97 Å². The van der Waals surface area contributed by atoms with E-state index in [1.54, 1.807) is 0 Å². The van der Waals surface area contributed by atoms with Gasteiger partial charge in [-0.3, -0.25) is 9.59 Å². The lowest BCUT2D eigenvalue weighted by molar-refractivity contribution is -0.197. The van der Waals surface area contributed by atoms with E-state index in [0.717, 1.165) is 12.0 Å². The molecule has 0 bridgehead atoms. The summed E-state index contributed by atoms with van der Waals surface area (Å²) >= 11 is 0. The summed E-state index contributed by atoms with van der Waals surface area (Å²) in [5.74, 6) is -1.42. The fourth-order valence-electron chi connectivity index (χ4n) is 1.74. The van der Waals surface area contributed by atoms with Crippen LogP contribution in [0, 0.1) is 0 Å². The minimum atomic E-state index is -0.540. The Bertz CT molecular complexity index is 406. The number of carbonyl (C=O) groups excluding carboxylic acids is 3. The van der Waals surface area contributed by atoms with Gasteiger partial charge in [-0.1, -0.05) is 23.8 Å². The molecule has 0 saturated carbocycles. The molecule has 1 saturated heterocycles. The largest absolute Gasteiger partial charge is 0.333 e. The maximum atomic E-state index is 11.4. The van der Waals surface area contributed by atoms with Gasteiger partial charge in [0, 0.05) is 12.8 Å². The van der Waals surface area contributed by atoms with Gasteiger partial charge in [-0.05, 0) is 12.8 Å². The summed E-state index contributed by atoms with van der Waals surface area (Å²) in [6.45, 7) is 0. The van der Waals surface area contributed by atoms with Crippen molar-refractivity contribution in [1.29, 1.82) is 0 Å². The average Bonchev–Trinajstić information content (AvgIpc) is 2.91. The third-order valence-corrected chi connectivity index (χ3v) is 2.70. The van der Waals surface area contributed by atoms with Crippen LogP contribution in [0.3, 0.4) is 0 Å². The highest BCUT2D eigenvalue weighted by Gasteiger charge is 2.32. The van der Waals surface area contributed by atoms with Crippen molar-refractivity contribution in [2.45, 2.75) is 32.1 Å². The zero-order valence-electron chi connectivity index (χ0n) is 9.35. The van der Waals surface area contributed by atoms with E-state index in [4.69, 9.17) is 4.84 Å². The molecule has 0 unspecified atom stereocenters. The number of allylic oxidation sites excluding steroid dienone is 4. The average molecular weight is 235 g/mol. The fourth-order valence-corrected chi connectivity index (χ4v) is 1.74. The fraction of sp³-hybridized carbons (Fsp3) is 0.417. The van der Waals surface area contributed by atoms with E-state index < -0.39 is 17.8 Å². The number of hydroxylamine groups is 2. The molecule has 2 amide bonds. The zero-order valence-corrected chi connectivity index (χ0v) is 9.35. The van der Waals surface area contributed by atoms with Gasteiger partial charge in [0.25, 0.3) is 11.8 Å². The standard InChI is InChI=1S/C12H13NO4/c14-10-6-7-11(15)13(10)17-12(16)8-5-9-3-1-2-4-9/h1-3H,4-8H2. The minimum Gasteiger partial charge on any atom is -0.330 e. The predicted octanol–water partition coefficient (Wildman–Crippen LogP) is 1.26. The first-order valence-electron chi connectivity index (χ1n) is 5.58. The molecule has 0 N–H and O–H groups in total. The molecular formula is C12H13NO4. The van der Waals surface area contributed by atoms with Crippen molar-refractivity contribution in [3.63, 3.8) is 0 Å². The second-order valence-electron chi connectivity index (χ2n) is 4.00. The Labute approximate surface area is 98.7 Å². The molecule has 17 heavy (non-hydrogen) atoms. The number of nitrogens with zero attached hydrogens (tertiary/aromatic N) is 1. The lowest BCUT2D eigenvalue weighted by atomic mass is 10.1. The first kappa shape index (κ1) is 11.6. The Hall–Kier alpha value is -1.91. The summed E-state index contributed by atoms with van der Waals surface area (Å²) < 4.78 is 0. The van der Waals surface area contributed by atoms with Crippen LogP contribution in [0.25, 0.3) is 0 Å². The maximum Gasteiger partial charge on any atom is 0.333 e. The Morgan fingerprint density at radius 3 is 2.59 bits per heavy atom. The van der Waals surface area contributed by atoms with E-state index in [1.165, 1.54) is 0 Å². The Balaban J connectivity index is 1.77. The molecule has 0 aromatic rings. The quantitative estimate of drug-likeness (QED) is 0.688. The van der Waals surface area contributed by atoms with E-state index in [1.807, 2.05) is 18.2 Å². The van der Waals surface area contributed by atoms with Gasteiger partial charge in [-0.2, -0.15) is 0 Å². The van der Waals surface area contributed by atoms with E-state index in [-0.39, 0.29) is 19.3 Å². The van der Waals surface area contributed by atoms with Crippen molar-refractivity contribution in [3.8, 4) is 0 Å². The van der Waals surface area contributed by atoms with Crippen LogP contribution in [0.15, 0.2) is 23.8 Å². The van der Waals surface area contributed by atoms with Crippen LogP contribution < -0.4 is 0 Å². The van der Waals surface area contributed by atoms with Crippen molar-refractivity contribution in [2.24, 2.45) is 0 Å². The van der Waals surface area contributed by atoms with Crippen LogP contribution in [0.5, 0.6) is 0 Å². The number of rotatable bonds is 4. The van der Waals surface area contributed by atoms with Gasteiger partial charge < -0.3 is 4.84 Å². The summed E-state index contributed by atoms with van der Waals surface area (Å²) in [6, 6.07) is 0. The SMILES string of the molecule is O=C(CCC1=CC=CC1)ON1C(=O)CCC1=O. The van der Waals surface area contributed by atoms with E-state index in [2.05, 4.69) is 0 Å². The number of imide groups is 1.